The van der Waals surface area contributed by atoms with Crippen molar-refractivity contribution in [3.63, 3.8) is 0 Å². The van der Waals surface area contributed by atoms with Crippen LogP contribution in [0.1, 0.15) is 29.0 Å². The number of phenolic OH excluding ortho intramolecular Hbond substituents is 1. The van der Waals surface area contributed by atoms with Gasteiger partial charge in [-0.15, -0.1) is 11.8 Å². The van der Waals surface area contributed by atoms with Gasteiger partial charge in [0, 0.05) is 5.56 Å². The van der Waals surface area contributed by atoms with Crippen LogP contribution in [0.2, 0.25) is 0 Å². The van der Waals surface area contributed by atoms with E-state index >= 15 is 0 Å². The molecule has 0 radical (unpaired) electrons. The molecule has 7 nitrogen and oxygen atoms in total. The zero-order valence-electron chi connectivity index (χ0n) is 17.2. The molecule has 1 amide bonds. The average molecular weight is 426 g/mol. The Morgan fingerprint density at radius 2 is 1.87 bits per heavy atom. The third-order valence-corrected chi connectivity index (χ3v) is 6.55. The van der Waals surface area contributed by atoms with Crippen molar-refractivity contribution in [2.24, 2.45) is 0 Å². The number of aromatic nitrogens is 2. The van der Waals surface area contributed by atoms with Crippen molar-refractivity contribution in [2.75, 3.05) is 19.5 Å². The van der Waals surface area contributed by atoms with Gasteiger partial charge in [0.2, 0.25) is 5.91 Å². The summed E-state index contributed by atoms with van der Waals surface area (Å²) in [4.78, 5) is 12.8. The van der Waals surface area contributed by atoms with Crippen LogP contribution < -0.4 is 14.8 Å². The number of phenols is 1. The van der Waals surface area contributed by atoms with E-state index in [0.717, 1.165) is 28.3 Å². The normalized spacial score (nSPS) is 18.3. The molecule has 1 aromatic heterocycles. The van der Waals surface area contributed by atoms with Crippen molar-refractivity contribution in [2.45, 2.75) is 24.3 Å². The van der Waals surface area contributed by atoms with Crippen LogP contribution >= 0.6 is 11.8 Å². The minimum absolute atomic E-state index is 0.0768. The Labute approximate surface area is 179 Å². The van der Waals surface area contributed by atoms with Gasteiger partial charge in [0.05, 0.1) is 36.1 Å². The Bertz CT molecular complexity index is 1090. The van der Waals surface area contributed by atoms with Crippen LogP contribution in [0.15, 0.2) is 42.5 Å². The number of aromatic hydroxyl groups is 1. The molecule has 4 rings (SSSR count). The predicted octanol–water partition coefficient (Wildman–Crippen LogP) is 4.07. The smallest absolute Gasteiger partial charge is 0.238 e. The van der Waals surface area contributed by atoms with Crippen LogP contribution in [0.5, 0.6) is 17.2 Å². The number of hydrogen-bond acceptors (Lipinski definition) is 6. The first-order valence-corrected chi connectivity index (χ1v) is 10.4. The van der Waals surface area contributed by atoms with Crippen LogP contribution in [-0.4, -0.2) is 40.3 Å². The number of hydrogen-bond donors (Lipinski definition) is 2. The van der Waals surface area contributed by atoms with E-state index in [9.17, 15) is 9.90 Å². The number of methoxy groups -OCH3 is 2. The van der Waals surface area contributed by atoms with E-state index in [4.69, 9.17) is 14.6 Å². The lowest BCUT2D eigenvalue weighted by Crippen LogP contribution is -2.22. The van der Waals surface area contributed by atoms with Gasteiger partial charge in [-0.2, -0.15) is 5.10 Å². The first-order valence-electron chi connectivity index (χ1n) is 9.50. The van der Waals surface area contributed by atoms with Gasteiger partial charge in [0.15, 0.2) is 11.5 Å². The standard InChI is InChI=1S/C22H23N3O4S/c1-12-19-20(14-5-10-17(26)18(11-14)29-4)30-13(2)22(27)23-21(19)25(24-12)15-6-8-16(28-3)9-7-15/h5-11,13,20,26H,1-4H3,(H,23,27)/t13-,20-/m1/s1. The number of carbonyl (C=O) groups excluding carboxylic acids is 1. The van der Waals surface area contributed by atoms with Gasteiger partial charge in [-0.1, -0.05) is 6.07 Å². The molecule has 0 bridgehead atoms. The molecular weight excluding hydrogens is 402 g/mol. The highest BCUT2D eigenvalue weighted by molar-refractivity contribution is 8.01. The van der Waals surface area contributed by atoms with E-state index in [2.05, 4.69) is 5.32 Å². The molecule has 2 N–H and O–H groups in total. The highest BCUT2D eigenvalue weighted by atomic mass is 32.2. The highest BCUT2D eigenvalue weighted by Gasteiger charge is 2.34. The number of benzene rings is 2. The van der Waals surface area contributed by atoms with E-state index in [1.165, 1.54) is 7.11 Å². The molecule has 156 valence electrons. The zero-order chi connectivity index (χ0) is 21.4. The SMILES string of the molecule is COc1ccc(-n2nc(C)c3c2NC(=O)[C@@H](C)S[C@@H]3c2ccc(O)c(OC)c2)cc1. The fourth-order valence-electron chi connectivity index (χ4n) is 3.54. The minimum atomic E-state index is -0.272. The van der Waals surface area contributed by atoms with Gasteiger partial charge >= 0.3 is 0 Å². The lowest BCUT2D eigenvalue weighted by atomic mass is 10.0. The zero-order valence-corrected chi connectivity index (χ0v) is 18.0. The molecule has 2 atom stereocenters. The van der Waals surface area contributed by atoms with Gasteiger partial charge in [0.25, 0.3) is 0 Å². The first-order chi connectivity index (χ1) is 14.4. The second-order valence-electron chi connectivity index (χ2n) is 7.04. The molecule has 2 heterocycles. The molecule has 1 aliphatic heterocycles. The number of aryl methyl sites for hydroxylation is 1. The maximum absolute atomic E-state index is 12.8. The molecule has 2 aromatic carbocycles. The molecule has 0 fully saturated rings. The number of thioether (sulfide) groups is 1. The number of anilines is 1. The monoisotopic (exact) mass is 425 g/mol. The summed E-state index contributed by atoms with van der Waals surface area (Å²) in [5.74, 6) is 1.79. The molecule has 3 aromatic rings. The van der Waals surface area contributed by atoms with Crippen LogP contribution in [0, 0.1) is 6.92 Å². The summed E-state index contributed by atoms with van der Waals surface area (Å²) >= 11 is 1.54. The quantitative estimate of drug-likeness (QED) is 0.656. The van der Waals surface area contributed by atoms with Gasteiger partial charge in [0.1, 0.15) is 11.6 Å². The number of nitrogens with one attached hydrogen (secondary N) is 1. The van der Waals surface area contributed by atoms with Crippen molar-refractivity contribution >= 4 is 23.5 Å². The summed E-state index contributed by atoms with van der Waals surface area (Å²) < 4.78 is 12.3. The molecule has 0 unspecified atom stereocenters. The molecule has 8 heteroatoms. The van der Waals surface area contributed by atoms with Gasteiger partial charge in [-0.3, -0.25) is 4.79 Å². The summed E-state index contributed by atoms with van der Waals surface area (Å²) in [5, 5.41) is 17.4. The maximum atomic E-state index is 12.8. The van der Waals surface area contributed by atoms with Gasteiger partial charge < -0.3 is 19.9 Å². The van der Waals surface area contributed by atoms with Gasteiger partial charge in [-0.25, -0.2) is 4.68 Å². The van der Waals surface area contributed by atoms with E-state index < -0.39 is 0 Å². The van der Waals surface area contributed by atoms with E-state index in [-0.39, 0.29) is 22.2 Å². The fourth-order valence-corrected chi connectivity index (χ4v) is 4.85. The molecule has 30 heavy (non-hydrogen) atoms. The van der Waals surface area contributed by atoms with Crippen molar-refractivity contribution in [1.82, 2.24) is 9.78 Å². The van der Waals surface area contributed by atoms with Crippen LogP contribution in [0.25, 0.3) is 5.69 Å². The second kappa shape index (κ2) is 7.95. The Kier molecular flexibility index (Phi) is 5.34. The number of amides is 1. The Morgan fingerprint density at radius 3 is 2.53 bits per heavy atom. The van der Waals surface area contributed by atoms with Crippen molar-refractivity contribution in [3.8, 4) is 22.9 Å². The lowest BCUT2D eigenvalue weighted by Gasteiger charge is -2.18. The van der Waals surface area contributed by atoms with Crippen LogP contribution in [0.4, 0.5) is 5.82 Å². The minimum Gasteiger partial charge on any atom is -0.504 e. The summed E-state index contributed by atoms with van der Waals surface area (Å²) in [6, 6.07) is 12.8. The van der Waals surface area contributed by atoms with Gasteiger partial charge in [-0.05, 0) is 55.8 Å². The number of carbonyl (C=O) groups is 1. The maximum Gasteiger partial charge on any atom is 0.238 e. The molecule has 0 saturated carbocycles. The molecule has 0 spiro atoms. The van der Waals surface area contributed by atoms with E-state index in [0.29, 0.717) is 11.6 Å². The number of rotatable bonds is 4. The Morgan fingerprint density at radius 1 is 1.13 bits per heavy atom. The lowest BCUT2D eigenvalue weighted by molar-refractivity contribution is -0.115. The molecule has 0 saturated heterocycles. The topological polar surface area (TPSA) is 85.6 Å². The Hall–Kier alpha value is -3.13. The molecular formula is C22H23N3O4S. The van der Waals surface area contributed by atoms with Crippen molar-refractivity contribution < 1.29 is 19.4 Å². The molecule has 0 aliphatic carbocycles. The summed E-state index contributed by atoms with van der Waals surface area (Å²) in [7, 11) is 3.14. The summed E-state index contributed by atoms with van der Waals surface area (Å²) in [6.07, 6.45) is 0. The Balaban J connectivity index is 1.87. The number of ether oxygens (including phenoxy) is 2. The van der Waals surface area contributed by atoms with Crippen molar-refractivity contribution in [1.29, 1.82) is 0 Å². The molecule has 1 aliphatic rings. The van der Waals surface area contributed by atoms with E-state index in [1.54, 1.807) is 29.6 Å². The van der Waals surface area contributed by atoms with E-state index in [1.807, 2.05) is 50.2 Å². The number of nitrogens with zero attached hydrogens (tertiary/aromatic N) is 2. The second-order valence-corrected chi connectivity index (χ2v) is 8.49. The fraction of sp³-hybridized carbons (Fsp3) is 0.273. The largest absolute Gasteiger partial charge is 0.504 e. The highest BCUT2D eigenvalue weighted by Crippen LogP contribution is 2.47. The summed E-state index contributed by atoms with van der Waals surface area (Å²) in [6.45, 7) is 3.82. The predicted molar refractivity (Wildman–Crippen MR) is 117 cm³/mol. The average Bonchev–Trinajstić information content (AvgIpc) is 3.00. The number of fused-ring (bicyclic) bond motifs is 1. The third-order valence-electron chi connectivity index (χ3n) is 5.14. The first kappa shape index (κ1) is 20.2. The van der Waals surface area contributed by atoms with Crippen molar-refractivity contribution in [3.05, 3.63) is 59.3 Å². The summed E-state index contributed by atoms with van der Waals surface area (Å²) in [5.41, 5.74) is 3.50. The van der Waals surface area contributed by atoms with Crippen LogP contribution in [0.3, 0.4) is 0 Å². The van der Waals surface area contributed by atoms with Crippen LogP contribution in [-0.2, 0) is 4.79 Å². The third kappa shape index (κ3) is 3.47.